The molecule has 0 fully saturated rings. The molecule has 2 aromatic rings. The molecule has 0 radical (unpaired) electrons. The van der Waals surface area contributed by atoms with E-state index >= 15 is 0 Å². The van der Waals surface area contributed by atoms with Crippen molar-refractivity contribution < 1.29 is 4.74 Å². The van der Waals surface area contributed by atoms with E-state index in [2.05, 4.69) is 67.5 Å². The topological polar surface area (TPSA) is 47.0 Å². The number of aromatic nitrogens is 2. The molecule has 2 rings (SSSR count). The molecule has 1 aromatic heterocycles. The number of anilines is 1. The van der Waals surface area contributed by atoms with Crippen LogP contribution in [0.2, 0.25) is 0 Å². The van der Waals surface area contributed by atoms with Gasteiger partial charge in [0.2, 0.25) is 5.13 Å². The Morgan fingerprint density at radius 2 is 1.83 bits per heavy atom. The molecule has 1 N–H and O–H groups in total. The summed E-state index contributed by atoms with van der Waals surface area (Å²) in [4.78, 5) is 0. The number of benzene rings is 1. The van der Waals surface area contributed by atoms with Gasteiger partial charge < -0.3 is 10.1 Å². The summed E-state index contributed by atoms with van der Waals surface area (Å²) in [5.41, 5.74) is 2.41. The number of nitrogens with one attached hydrogen (secondary N) is 1. The lowest BCUT2D eigenvalue weighted by Crippen LogP contribution is -2.19. The highest BCUT2D eigenvalue weighted by Gasteiger charge is 2.09. The molecule has 5 heteroatoms. The smallest absolute Gasteiger partial charge is 0.206 e. The summed E-state index contributed by atoms with van der Waals surface area (Å²) in [7, 11) is 0. The van der Waals surface area contributed by atoms with Crippen LogP contribution >= 0.6 is 11.3 Å². The van der Waals surface area contributed by atoms with Gasteiger partial charge in [0.1, 0.15) is 5.01 Å². The van der Waals surface area contributed by atoms with Gasteiger partial charge >= 0.3 is 0 Å². The molecular weight excluding hydrogens is 318 g/mol. The summed E-state index contributed by atoms with van der Waals surface area (Å²) < 4.78 is 5.76. The summed E-state index contributed by atoms with van der Waals surface area (Å²) in [6, 6.07) is 8.63. The lowest BCUT2D eigenvalue weighted by molar-refractivity contribution is -0.00384. The van der Waals surface area contributed by atoms with Crippen LogP contribution in [-0.2, 0) is 11.2 Å². The largest absolute Gasteiger partial charge is 0.376 e. The Hall–Kier alpha value is -1.46. The number of unbranched alkanes of at least 4 members (excludes halogenated alkanes) is 1. The fourth-order valence-corrected chi connectivity index (χ4v) is 3.03. The maximum absolute atomic E-state index is 5.76. The molecule has 0 amide bonds. The average Bonchev–Trinajstić information content (AvgIpc) is 3.00. The van der Waals surface area contributed by atoms with Crippen molar-refractivity contribution in [3.63, 3.8) is 0 Å². The van der Waals surface area contributed by atoms with E-state index in [1.165, 1.54) is 12.0 Å². The minimum Gasteiger partial charge on any atom is -0.376 e. The SMILES string of the molecule is CCCCNc1nnc(-c2ccc(CCCOC(C)(C)C)cc2)s1. The molecule has 0 saturated heterocycles. The van der Waals surface area contributed by atoms with E-state index in [9.17, 15) is 0 Å². The van der Waals surface area contributed by atoms with Gasteiger partial charge in [-0.25, -0.2) is 0 Å². The number of hydrogen-bond donors (Lipinski definition) is 1. The molecule has 132 valence electrons. The fraction of sp³-hybridized carbons (Fsp3) is 0.579. The molecule has 0 unspecified atom stereocenters. The molecule has 0 bridgehead atoms. The van der Waals surface area contributed by atoms with Crippen LogP contribution in [-0.4, -0.2) is 29.0 Å². The summed E-state index contributed by atoms with van der Waals surface area (Å²) in [5.74, 6) is 0. The van der Waals surface area contributed by atoms with Gasteiger partial charge in [-0.1, -0.05) is 48.9 Å². The highest BCUT2D eigenvalue weighted by Crippen LogP contribution is 2.26. The minimum absolute atomic E-state index is 0.0510. The second kappa shape index (κ2) is 9.14. The molecular formula is C19H29N3OS. The lowest BCUT2D eigenvalue weighted by atomic mass is 10.1. The van der Waals surface area contributed by atoms with Crippen molar-refractivity contribution in [3.8, 4) is 10.6 Å². The third kappa shape index (κ3) is 6.57. The zero-order chi connectivity index (χ0) is 17.4. The van der Waals surface area contributed by atoms with Gasteiger partial charge in [-0.2, -0.15) is 0 Å². The highest BCUT2D eigenvalue weighted by atomic mass is 32.1. The maximum Gasteiger partial charge on any atom is 0.206 e. The normalized spacial score (nSPS) is 11.7. The molecule has 4 nitrogen and oxygen atoms in total. The minimum atomic E-state index is -0.0510. The van der Waals surface area contributed by atoms with Crippen molar-refractivity contribution in [2.75, 3.05) is 18.5 Å². The lowest BCUT2D eigenvalue weighted by Gasteiger charge is -2.19. The third-order valence-corrected chi connectivity index (χ3v) is 4.51. The zero-order valence-corrected chi connectivity index (χ0v) is 16.1. The number of aryl methyl sites for hydroxylation is 1. The van der Waals surface area contributed by atoms with E-state index in [-0.39, 0.29) is 5.60 Å². The van der Waals surface area contributed by atoms with Crippen molar-refractivity contribution >= 4 is 16.5 Å². The second-order valence-corrected chi connectivity index (χ2v) is 7.93. The van der Waals surface area contributed by atoms with Crippen LogP contribution in [0.3, 0.4) is 0 Å². The first-order valence-corrected chi connectivity index (χ1v) is 9.60. The fourth-order valence-electron chi connectivity index (χ4n) is 2.25. The Morgan fingerprint density at radius 1 is 1.08 bits per heavy atom. The molecule has 0 atom stereocenters. The summed E-state index contributed by atoms with van der Waals surface area (Å²) >= 11 is 1.61. The van der Waals surface area contributed by atoms with Crippen LogP contribution in [0.5, 0.6) is 0 Å². The van der Waals surface area contributed by atoms with Crippen LogP contribution in [0.15, 0.2) is 24.3 Å². The van der Waals surface area contributed by atoms with Crippen molar-refractivity contribution in [2.45, 2.75) is 59.0 Å². The molecule has 0 saturated carbocycles. The molecule has 1 heterocycles. The Balaban J connectivity index is 1.83. The zero-order valence-electron chi connectivity index (χ0n) is 15.3. The van der Waals surface area contributed by atoms with Gasteiger partial charge in [0.15, 0.2) is 0 Å². The van der Waals surface area contributed by atoms with E-state index in [0.717, 1.165) is 48.1 Å². The Labute approximate surface area is 149 Å². The maximum atomic E-state index is 5.76. The monoisotopic (exact) mass is 347 g/mol. The van der Waals surface area contributed by atoms with Gasteiger partial charge in [-0.05, 0) is 45.6 Å². The van der Waals surface area contributed by atoms with Crippen LogP contribution in [0, 0.1) is 0 Å². The van der Waals surface area contributed by atoms with Gasteiger partial charge in [-0.15, -0.1) is 10.2 Å². The average molecular weight is 348 g/mol. The summed E-state index contributed by atoms with van der Waals surface area (Å²) in [6.45, 7) is 10.2. The first-order chi connectivity index (χ1) is 11.5. The quantitative estimate of drug-likeness (QED) is 0.636. The molecule has 0 aliphatic heterocycles. The summed E-state index contributed by atoms with van der Waals surface area (Å²) in [6.07, 6.45) is 4.42. The standard InChI is InChI=1S/C19H29N3OS/c1-5-6-13-20-18-22-21-17(24-18)16-11-9-15(10-12-16)8-7-14-23-19(2,3)4/h9-12H,5-8,13-14H2,1-4H3,(H,20,22). The third-order valence-electron chi connectivity index (χ3n) is 3.58. The molecule has 0 spiro atoms. The van der Waals surface area contributed by atoms with E-state index in [1.54, 1.807) is 11.3 Å². The Kier molecular flexibility index (Phi) is 7.18. The van der Waals surface area contributed by atoms with Gasteiger partial charge in [0.05, 0.1) is 5.60 Å². The molecule has 0 aliphatic rings. The van der Waals surface area contributed by atoms with Crippen molar-refractivity contribution in [3.05, 3.63) is 29.8 Å². The van der Waals surface area contributed by atoms with Gasteiger partial charge in [0, 0.05) is 18.7 Å². The van der Waals surface area contributed by atoms with E-state index in [0.29, 0.717) is 0 Å². The predicted molar refractivity (Wildman–Crippen MR) is 103 cm³/mol. The van der Waals surface area contributed by atoms with Gasteiger partial charge in [0.25, 0.3) is 0 Å². The summed E-state index contributed by atoms with van der Waals surface area (Å²) in [5, 5.41) is 13.7. The van der Waals surface area contributed by atoms with Crippen LogP contribution in [0.25, 0.3) is 10.6 Å². The van der Waals surface area contributed by atoms with Gasteiger partial charge in [-0.3, -0.25) is 0 Å². The number of nitrogens with zero attached hydrogens (tertiary/aromatic N) is 2. The van der Waals surface area contributed by atoms with E-state index in [1.807, 2.05) is 0 Å². The van der Waals surface area contributed by atoms with Crippen molar-refractivity contribution in [2.24, 2.45) is 0 Å². The molecule has 1 aromatic carbocycles. The van der Waals surface area contributed by atoms with E-state index < -0.39 is 0 Å². The Bertz CT molecular complexity index is 602. The van der Waals surface area contributed by atoms with Crippen molar-refractivity contribution in [1.29, 1.82) is 0 Å². The molecule has 24 heavy (non-hydrogen) atoms. The Morgan fingerprint density at radius 3 is 2.50 bits per heavy atom. The first-order valence-electron chi connectivity index (χ1n) is 8.78. The van der Waals surface area contributed by atoms with E-state index in [4.69, 9.17) is 4.74 Å². The number of hydrogen-bond acceptors (Lipinski definition) is 5. The molecule has 0 aliphatic carbocycles. The number of rotatable bonds is 9. The van der Waals surface area contributed by atoms with Crippen molar-refractivity contribution in [1.82, 2.24) is 10.2 Å². The number of ether oxygens (including phenoxy) is 1. The van der Waals surface area contributed by atoms with Crippen LogP contribution in [0.4, 0.5) is 5.13 Å². The predicted octanol–water partition coefficient (Wildman–Crippen LogP) is 5.16. The second-order valence-electron chi connectivity index (χ2n) is 6.95. The van der Waals surface area contributed by atoms with Crippen LogP contribution in [0.1, 0.15) is 52.5 Å². The first kappa shape index (κ1) is 18.9. The highest BCUT2D eigenvalue weighted by molar-refractivity contribution is 7.18. The van der Waals surface area contributed by atoms with Crippen LogP contribution < -0.4 is 5.32 Å².